The van der Waals surface area contributed by atoms with Crippen molar-refractivity contribution < 1.29 is 4.79 Å². The van der Waals surface area contributed by atoms with Crippen LogP contribution in [-0.2, 0) is 4.79 Å². The van der Waals surface area contributed by atoms with Crippen molar-refractivity contribution in [3.8, 4) is 0 Å². The number of hydrogen-bond donors (Lipinski definition) is 2. The molecule has 0 aromatic carbocycles. The van der Waals surface area contributed by atoms with Crippen molar-refractivity contribution in [3.05, 3.63) is 21.3 Å². The van der Waals surface area contributed by atoms with E-state index in [1.54, 1.807) is 0 Å². The first-order valence-electron chi connectivity index (χ1n) is 3.51. The predicted octanol–water partition coefficient (Wildman–Crippen LogP) is 1.12. The summed E-state index contributed by atoms with van der Waals surface area (Å²) in [7, 11) is 0. The minimum atomic E-state index is -0.101. The van der Waals surface area contributed by atoms with Gasteiger partial charge >= 0.3 is 0 Å². The van der Waals surface area contributed by atoms with Crippen LogP contribution in [0.4, 0.5) is 0 Å². The highest BCUT2D eigenvalue weighted by Gasteiger charge is 2.23. The van der Waals surface area contributed by atoms with Gasteiger partial charge < -0.3 is 5.32 Å². The predicted molar refractivity (Wildman–Crippen MR) is 48.2 cm³/mol. The van der Waals surface area contributed by atoms with Crippen LogP contribution in [0.25, 0.3) is 0 Å². The molecule has 1 aromatic heterocycles. The van der Waals surface area contributed by atoms with E-state index in [0.717, 1.165) is 5.56 Å². The van der Waals surface area contributed by atoms with Crippen LogP contribution in [0.3, 0.4) is 0 Å². The molecule has 12 heavy (non-hydrogen) atoms. The van der Waals surface area contributed by atoms with Crippen LogP contribution in [0.2, 0.25) is 5.02 Å². The number of halogens is 1. The maximum absolute atomic E-state index is 10.8. The molecule has 1 atom stereocenters. The van der Waals surface area contributed by atoms with Gasteiger partial charge in [-0.3, -0.25) is 10.1 Å². The number of carbonyl (C=O) groups is 1. The second kappa shape index (κ2) is 3.05. The lowest BCUT2D eigenvalue weighted by atomic mass is 10.3. The Bertz CT molecular complexity index is 312. The normalized spacial score (nSPS) is 22.8. The number of amides is 1. The molecule has 1 aliphatic heterocycles. The van der Waals surface area contributed by atoms with Crippen molar-refractivity contribution in [2.24, 2.45) is 0 Å². The SMILES string of the molecule is O=C1CNC(c2cscc2Cl)N1. The first-order valence-corrected chi connectivity index (χ1v) is 4.84. The van der Waals surface area contributed by atoms with Crippen molar-refractivity contribution in [1.82, 2.24) is 10.6 Å². The molecule has 1 aliphatic rings. The molecule has 1 unspecified atom stereocenters. The maximum Gasteiger partial charge on any atom is 0.235 e. The van der Waals surface area contributed by atoms with E-state index in [-0.39, 0.29) is 12.1 Å². The van der Waals surface area contributed by atoms with Crippen LogP contribution in [-0.4, -0.2) is 12.5 Å². The molecule has 0 aliphatic carbocycles. The van der Waals surface area contributed by atoms with E-state index in [2.05, 4.69) is 10.6 Å². The van der Waals surface area contributed by atoms with Gasteiger partial charge in [-0.25, -0.2) is 0 Å². The Labute approximate surface area is 78.7 Å². The summed E-state index contributed by atoms with van der Waals surface area (Å²) < 4.78 is 0. The Morgan fingerprint density at radius 3 is 2.92 bits per heavy atom. The molecule has 0 saturated carbocycles. The molecule has 1 fully saturated rings. The number of hydrogen-bond acceptors (Lipinski definition) is 3. The van der Waals surface area contributed by atoms with E-state index < -0.39 is 0 Å². The average Bonchev–Trinajstić information content (AvgIpc) is 2.58. The first kappa shape index (κ1) is 8.04. The van der Waals surface area contributed by atoms with E-state index in [4.69, 9.17) is 11.6 Å². The Morgan fingerprint density at radius 1 is 1.58 bits per heavy atom. The molecule has 2 N–H and O–H groups in total. The summed E-state index contributed by atoms with van der Waals surface area (Å²) in [6, 6.07) is 0. The molecule has 2 rings (SSSR count). The number of nitrogens with one attached hydrogen (secondary N) is 2. The van der Waals surface area contributed by atoms with E-state index in [9.17, 15) is 4.79 Å². The van der Waals surface area contributed by atoms with Gasteiger partial charge in [0.1, 0.15) is 6.17 Å². The molecule has 1 aromatic rings. The fourth-order valence-electron chi connectivity index (χ4n) is 1.14. The molecular formula is C7H7ClN2OS. The molecule has 1 amide bonds. The average molecular weight is 203 g/mol. The van der Waals surface area contributed by atoms with Crippen molar-refractivity contribution in [1.29, 1.82) is 0 Å². The van der Waals surface area contributed by atoms with Gasteiger partial charge in [-0.1, -0.05) is 11.6 Å². The highest BCUT2D eigenvalue weighted by molar-refractivity contribution is 7.08. The van der Waals surface area contributed by atoms with Crippen LogP contribution < -0.4 is 10.6 Å². The van der Waals surface area contributed by atoms with Crippen LogP contribution in [0, 0.1) is 0 Å². The highest BCUT2D eigenvalue weighted by atomic mass is 35.5. The molecule has 0 bridgehead atoms. The van der Waals surface area contributed by atoms with Gasteiger partial charge in [0.05, 0.1) is 11.6 Å². The summed E-state index contributed by atoms with van der Waals surface area (Å²) in [6.45, 7) is 0.372. The summed E-state index contributed by atoms with van der Waals surface area (Å²) in [6.07, 6.45) is -0.101. The molecule has 0 radical (unpaired) electrons. The lowest BCUT2D eigenvalue weighted by Gasteiger charge is -2.08. The van der Waals surface area contributed by atoms with Gasteiger partial charge in [-0.05, 0) is 5.38 Å². The third kappa shape index (κ3) is 1.33. The minimum absolute atomic E-state index is 0.0160. The van der Waals surface area contributed by atoms with Crippen LogP contribution in [0.5, 0.6) is 0 Å². The first-order chi connectivity index (χ1) is 5.77. The largest absolute Gasteiger partial charge is 0.335 e. The lowest BCUT2D eigenvalue weighted by molar-refractivity contribution is -0.118. The number of carbonyl (C=O) groups excluding carboxylic acids is 1. The third-order valence-electron chi connectivity index (χ3n) is 1.73. The van der Waals surface area contributed by atoms with Crippen LogP contribution in [0.15, 0.2) is 10.8 Å². The quantitative estimate of drug-likeness (QED) is 0.717. The van der Waals surface area contributed by atoms with Crippen LogP contribution in [0.1, 0.15) is 11.7 Å². The standard InChI is InChI=1S/C7H7ClN2OS/c8-5-3-12-2-4(5)7-9-1-6(11)10-7/h2-3,7,9H,1H2,(H,10,11). The fourth-order valence-corrected chi connectivity index (χ4v) is 2.26. The van der Waals surface area contributed by atoms with Crippen molar-refractivity contribution in [2.45, 2.75) is 6.17 Å². The summed E-state index contributed by atoms with van der Waals surface area (Å²) in [4.78, 5) is 10.8. The summed E-state index contributed by atoms with van der Waals surface area (Å²) >= 11 is 7.42. The Kier molecular flexibility index (Phi) is 2.04. The Morgan fingerprint density at radius 2 is 2.42 bits per heavy atom. The summed E-state index contributed by atoms with van der Waals surface area (Å²) in [5, 5.41) is 10.3. The maximum atomic E-state index is 10.8. The van der Waals surface area contributed by atoms with Crippen LogP contribution >= 0.6 is 22.9 Å². The molecule has 64 valence electrons. The Hall–Kier alpha value is -0.580. The topological polar surface area (TPSA) is 41.1 Å². The zero-order valence-electron chi connectivity index (χ0n) is 6.13. The lowest BCUT2D eigenvalue weighted by Crippen LogP contribution is -2.22. The van der Waals surface area contributed by atoms with Gasteiger partial charge in [0.2, 0.25) is 5.91 Å². The molecular weight excluding hydrogens is 196 g/mol. The minimum Gasteiger partial charge on any atom is -0.335 e. The third-order valence-corrected chi connectivity index (χ3v) is 2.94. The second-order valence-electron chi connectivity index (χ2n) is 2.56. The number of thiophene rings is 1. The summed E-state index contributed by atoms with van der Waals surface area (Å²) in [5.41, 5.74) is 0.951. The van der Waals surface area contributed by atoms with Crippen molar-refractivity contribution in [2.75, 3.05) is 6.54 Å². The molecule has 3 nitrogen and oxygen atoms in total. The zero-order valence-corrected chi connectivity index (χ0v) is 7.71. The van der Waals surface area contributed by atoms with E-state index in [1.807, 2.05) is 10.8 Å². The van der Waals surface area contributed by atoms with Gasteiger partial charge in [0.25, 0.3) is 0 Å². The molecule has 2 heterocycles. The smallest absolute Gasteiger partial charge is 0.235 e. The number of rotatable bonds is 1. The van der Waals surface area contributed by atoms with Crippen molar-refractivity contribution in [3.63, 3.8) is 0 Å². The monoisotopic (exact) mass is 202 g/mol. The van der Waals surface area contributed by atoms with Gasteiger partial charge in [0.15, 0.2) is 0 Å². The fraction of sp³-hybridized carbons (Fsp3) is 0.286. The van der Waals surface area contributed by atoms with E-state index in [1.165, 1.54) is 11.3 Å². The zero-order chi connectivity index (χ0) is 8.55. The molecule has 0 spiro atoms. The molecule has 1 saturated heterocycles. The van der Waals surface area contributed by atoms with Gasteiger partial charge in [-0.2, -0.15) is 11.3 Å². The Balaban J connectivity index is 2.21. The molecule has 5 heteroatoms. The highest BCUT2D eigenvalue weighted by Crippen LogP contribution is 2.26. The summed E-state index contributed by atoms with van der Waals surface area (Å²) in [5.74, 6) is 0.0160. The van der Waals surface area contributed by atoms with E-state index >= 15 is 0 Å². The van der Waals surface area contributed by atoms with E-state index in [0.29, 0.717) is 11.6 Å². The van der Waals surface area contributed by atoms with Crippen molar-refractivity contribution >= 4 is 28.8 Å². The van der Waals surface area contributed by atoms with Gasteiger partial charge in [-0.15, -0.1) is 0 Å². The second-order valence-corrected chi connectivity index (χ2v) is 3.71. The van der Waals surface area contributed by atoms with Gasteiger partial charge in [0, 0.05) is 10.9 Å².